The zero-order chi connectivity index (χ0) is 23.2. The van der Waals surface area contributed by atoms with Gasteiger partial charge >= 0.3 is 5.97 Å². The number of H-pyrrole nitrogens is 1. The van der Waals surface area contributed by atoms with E-state index in [2.05, 4.69) is 4.98 Å². The third-order valence-electron chi connectivity index (χ3n) is 4.68. The van der Waals surface area contributed by atoms with E-state index in [4.69, 9.17) is 57.4 Å². The SMILES string of the molecule is [B]C([B])(OC(=O)[C@@H](N)C(C)C)[C@@]1(F)O[C@@]([B])(n2cc(C#C)c(=O)[nH]c2=S)[C@H](O)[C@@H]1O. The normalized spacial score (nSPS) is 30.1. The fraction of sp³-hybridized carbons (Fsp3) is 0.562. The second-order valence-corrected chi connectivity index (χ2v) is 7.58. The second kappa shape index (κ2) is 7.98. The lowest BCUT2D eigenvalue weighted by atomic mass is 9.59. The molecule has 5 atom stereocenters. The Labute approximate surface area is 180 Å². The lowest BCUT2D eigenvalue weighted by Crippen LogP contribution is -2.62. The van der Waals surface area contributed by atoms with Crippen molar-refractivity contribution in [2.24, 2.45) is 11.7 Å². The third-order valence-corrected chi connectivity index (χ3v) is 4.98. The van der Waals surface area contributed by atoms with Gasteiger partial charge in [0.25, 0.3) is 11.4 Å². The third kappa shape index (κ3) is 3.76. The Hall–Kier alpha value is -1.91. The van der Waals surface area contributed by atoms with Crippen molar-refractivity contribution in [3.8, 4) is 12.3 Å². The van der Waals surface area contributed by atoms with Crippen LogP contribution in [0.15, 0.2) is 11.0 Å². The summed E-state index contributed by atoms with van der Waals surface area (Å²) < 4.78 is 25.7. The lowest BCUT2D eigenvalue weighted by molar-refractivity contribution is -0.250. The first-order valence-corrected chi connectivity index (χ1v) is 8.96. The van der Waals surface area contributed by atoms with Crippen molar-refractivity contribution in [2.75, 3.05) is 0 Å². The Balaban J connectivity index is 2.52. The number of aromatic amines is 1. The number of alkyl halides is 1. The minimum Gasteiger partial charge on any atom is -0.473 e. The zero-order valence-corrected chi connectivity index (χ0v) is 16.9. The van der Waals surface area contributed by atoms with Gasteiger partial charge < -0.3 is 30.0 Å². The van der Waals surface area contributed by atoms with Crippen molar-refractivity contribution in [1.29, 1.82) is 0 Å². The number of carbonyl (C=O) groups is 1. The van der Waals surface area contributed by atoms with E-state index >= 15 is 4.39 Å². The fourth-order valence-corrected chi connectivity index (χ4v) is 2.99. The van der Waals surface area contributed by atoms with Crippen LogP contribution in [0.5, 0.6) is 0 Å². The molecule has 2 rings (SSSR count). The molecule has 0 saturated carbocycles. The lowest BCUT2D eigenvalue weighted by Gasteiger charge is -2.41. The summed E-state index contributed by atoms with van der Waals surface area (Å²) in [4.78, 5) is 26.0. The zero-order valence-electron chi connectivity index (χ0n) is 16.0. The number of terminal acetylenes is 1. The quantitative estimate of drug-likeness (QED) is 0.175. The van der Waals surface area contributed by atoms with Crippen molar-refractivity contribution in [3.63, 3.8) is 0 Å². The van der Waals surface area contributed by atoms with Gasteiger partial charge in [0, 0.05) is 6.20 Å². The van der Waals surface area contributed by atoms with E-state index in [0.29, 0.717) is 4.57 Å². The van der Waals surface area contributed by atoms with Crippen LogP contribution in [0.1, 0.15) is 19.4 Å². The largest absolute Gasteiger partial charge is 0.473 e. The molecule has 2 heterocycles. The van der Waals surface area contributed by atoms with Crippen molar-refractivity contribution < 1.29 is 28.9 Å². The molecule has 1 aliphatic heterocycles. The molecule has 1 aromatic heterocycles. The Bertz CT molecular complexity index is 1010. The molecule has 1 aromatic rings. The molecule has 5 N–H and O–H groups in total. The topological polar surface area (TPSA) is 140 Å². The van der Waals surface area contributed by atoms with Crippen LogP contribution in [0.3, 0.4) is 0 Å². The predicted molar refractivity (Wildman–Crippen MR) is 108 cm³/mol. The van der Waals surface area contributed by atoms with Gasteiger partial charge in [-0.15, -0.1) is 6.42 Å². The average Bonchev–Trinajstić information content (AvgIpc) is 2.82. The van der Waals surface area contributed by atoms with Crippen molar-refractivity contribution in [3.05, 3.63) is 26.9 Å². The van der Waals surface area contributed by atoms with Gasteiger partial charge in [-0.3, -0.25) is 14.6 Å². The number of ether oxygens (including phenoxy) is 2. The molecule has 30 heavy (non-hydrogen) atoms. The highest BCUT2D eigenvalue weighted by molar-refractivity contribution is 7.71. The van der Waals surface area contributed by atoms with Gasteiger partial charge in [0.1, 0.15) is 53.0 Å². The number of nitrogens with one attached hydrogen (secondary N) is 1. The van der Waals surface area contributed by atoms with Crippen LogP contribution >= 0.6 is 12.2 Å². The molecule has 0 spiro atoms. The number of hydrogen-bond donors (Lipinski definition) is 4. The Morgan fingerprint density at radius 3 is 2.60 bits per heavy atom. The molecule has 1 fully saturated rings. The number of nitrogens with two attached hydrogens (primary N) is 1. The van der Waals surface area contributed by atoms with Crippen molar-refractivity contribution >= 4 is 41.7 Å². The second-order valence-electron chi connectivity index (χ2n) is 7.19. The standard InChI is InChI=1S/C16H17B3FN3O6S/c1-4-7-5-23(13(30)22-11(7)26)15(17)10(25)9(24)14(20,29-15)16(18,19)28-12(27)8(21)6(2)3/h1,5-6,8-10,24-25H,21H2,2-3H3,(H,22,26,30)/t8-,9-,10+,14-,15-/m0/s1. The number of hydrogen-bond acceptors (Lipinski definition) is 8. The molecule has 1 saturated heterocycles. The maximum absolute atomic E-state index is 15.7. The van der Waals surface area contributed by atoms with Gasteiger partial charge in [-0.1, -0.05) is 19.8 Å². The van der Waals surface area contributed by atoms with Gasteiger partial charge in [0.2, 0.25) is 0 Å². The summed E-state index contributed by atoms with van der Waals surface area (Å²) in [5, 5.41) is 17.6. The predicted octanol–water partition coefficient (Wildman–Crippen LogP) is -2.40. The molecule has 0 aliphatic carbocycles. The maximum Gasteiger partial charge on any atom is 0.322 e. The average molecular weight is 431 g/mol. The van der Waals surface area contributed by atoms with E-state index in [1.54, 1.807) is 13.8 Å². The van der Waals surface area contributed by atoms with Gasteiger partial charge in [0.15, 0.2) is 4.77 Å². The molecule has 154 valence electrons. The number of aliphatic hydroxyl groups is 2. The molecule has 14 heteroatoms. The van der Waals surface area contributed by atoms with Crippen LogP contribution in [0.4, 0.5) is 4.39 Å². The van der Waals surface area contributed by atoms with E-state index in [9.17, 15) is 19.8 Å². The molecule has 0 amide bonds. The number of aromatic nitrogens is 2. The summed E-state index contributed by atoms with van der Waals surface area (Å²) in [7, 11) is 17.1. The first-order valence-electron chi connectivity index (χ1n) is 8.55. The number of rotatable bonds is 5. The van der Waals surface area contributed by atoms with Gasteiger partial charge in [0.05, 0.1) is 5.40 Å². The van der Waals surface area contributed by atoms with Crippen molar-refractivity contribution in [1.82, 2.24) is 9.55 Å². The monoisotopic (exact) mass is 431 g/mol. The van der Waals surface area contributed by atoms with E-state index in [-0.39, 0.29) is 5.56 Å². The summed E-state index contributed by atoms with van der Waals surface area (Å²) in [5.74, 6) is -3.20. The molecule has 0 bridgehead atoms. The van der Waals surface area contributed by atoms with Gasteiger partial charge in [-0.25, -0.2) is 4.39 Å². The summed E-state index contributed by atoms with van der Waals surface area (Å²) in [5.41, 5.74) is 1.92. The number of nitrogens with zero attached hydrogens (tertiary/aromatic N) is 1. The van der Waals surface area contributed by atoms with E-state index in [1.165, 1.54) is 0 Å². The van der Waals surface area contributed by atoms with E-state index < -0.39 is 57.3 Å². The Kier molecular flexibility index (Phi) is 6.48. The van der Waals surface area contributed by atoms with E-state index in [0.717, 1.165) is 6.20 Å². The van der Waals surface area contributed by atoms with Crippen molar-refractivity contribution in [2.45, 2.75) is 49.0 Å². The molecule has 9 nitrogen and oxygen atoms in total. The summed E-state index contributed by atoms with van der Waals surface area (Å²) >= 11 is 4.95. The smallest absolute Gasteiger partial charge is 0.322 e. The number of esters is 1. The summed E-state index contributed by atoms with van der Waals surface area (Å²) in [6, 6.07) is -1.22. The highest BCUT2D eigenvalue weighted by Gasteiger charge is 2.68. The van der Waals surface area contributed by atoms with Crippen LogP contribution in [0.2, 0.25) is 0 Å². The minimum atomic E-state index is -3.63. The molecular weight excluding hydrogens is 414 g/mol. The summed E-state index contributed by atoms with van der Waals surface area (Å²) in [6.45, 7) is 3.17. The van der Waals surface area contributed by atoms with Gasteiger partial charge in [-0.05, 0) is 18.1 Å². The first kappa shape index (κ1) is 24.4. The summed E-state index contributed by atoms with van der Waals surface area (Å²) in [6.07, 6.45) is 1.33. The van der Waals surface area contributed by atoms with E-state index in [1.807, 2.05) is 5.92 Å². The number of carbonyl (C=O) groups excluding carboxylic acids is 1. The van der Waals surface area contributed by atoms with Crippen LogP contribution in [0, 0.1) is 23.0 Å². The molecular formula is C16H17B3FN3O6S. The Morgan fingerprint density at radius 1 is 1.53 bits per heavy atom. The number of aliphatic hydroxyl groups excluding tert-OH is 2. The molecule has 0 aromatic carbocycles. The highest BCUT2D eigenvalue weighted by Crippen LogP contribution is 2.46. The first-order chi connectivity index (χ1) is 13.6. The van der Waals surface area contributed by atoms with Crippen LogP contribution in [-0.2, 0) is 19.9 Å². The van der Waals surface area contributed by atoms with Crippen LogP contribution in [-0.4, -0.2) is 78.8 Å². The molecule has 6 radical (unpaired) electrons. The fourth-order valence-electron chi connectivity index (χ4n) is 2.70. The van der Waals surface area contributed by atoms with Crippen LogP contribution < -0.4 is 11.3 Å². The van der Waals surface area contributed by atoms with Crippen LogP contribution in [0.25, 0.3) is 0 Å². The number of halogens is 1. The van der Waals surface area contributed by atoms with Gasteiger partial charge in [-0.2, -0.15) is 0 Å². The Morgan fingerprint density at radius 2 is 2.10 bits per heavy atom. The molecule has 1 aliphatic rings. The molecule has 0 unspecified atom stereocenters. The maximum atomic E-state index is 15.7. The highest BCUT2D eigenvalue weighted by atomic mass is 32.1. The minimum absolute atomic E-state index is 0.295.